The molecule has 0 spiro atoms. The van der Waals surface area contributed by atoms with Crippen LogP contribution >= 0.6 is 0 Å². The molecule has 1 aromatic carbocycles. The molecular formula is C8H6F4O4S. The quantitative estimate of drug-likeness (QED) is 0.481. The largest absolute Gasteiger partial charge is 0.534 e. The molecule has 17 heavy (non-hydrogen) atoms. The Kier molecular flexibility index (Phi) is 3.51. The van der Waals surface area contributed by atoms with E-state index in [1.165, 1.54) is 0 Å². The predicted molar refractivity (Wildman–Crippen MR) is 48.6 cm³/mol. The number of rotatable bonds is 3. The van der Waals surface area contributed by atoms with Gasteiger partial charge in [0.1, 0.15) is 5.82 Å². The average Bonchev–Trinajstić information content (AvgIpc) is 2.15. The highest BCUT2D eigenvalue weighted by molar-refractivity contribution is 7.88. The van der Waals surface area contributed by atoms with Crippen LogP contribution in [0.1, 0.15) is 0 Å². The Labute approximate surface area is 93.9 Å². The second kappa shape index (κ2) is 4.40. The molecule has 0 aliphatic heterocycles. The molecular weight excluding hydrogens is 268 g/mol. The van der Waals surface area contributed by atoms with E-state index in [2.05, 4.69) is 8.92 Å². The van der Waals surface area contributed by atoms with E-state index in [0.29, 0.717) is 6.07 Å². The van der Waals surface area contributed by atoms with Crippen LogP contribution in [0.5, 0.6) is 11.5 Å². The molecule has 0 unspecified atom stereocenters. The first-order valence-electron chi connectivity index (χ1n) is 4.01. The Hall–Kier alpha value is -1.51. The van der Waals surface area contributed by atoms with Crippen molar-refractivity contribution in [2.24, 2.45) is 0 Å². The fourth-order valence-electron chi connectivity index (χ4n) is 0.881. The molecule has 0 amide bonds. The molecule has 9 heteroatoms. The summed E-state index contributed by atoms with van der Waals surface area (Å²) in [6, 6.07) is 2.30. The summed E-state index contributed by atoms with van der Waals surface area (Å²) in [4.78, 5) is 0. The first kappa shape index (κ1) is 13.6. The van der Waals surface area contributed by atoms with E-state index in [9.17, 15) is 26.0 Å². The summed E-state index contributed by atoms with van der Waals surface area (Å²) in [6.45, 7) is 0. The maximum absolute atomic E-state index is 12.7. The van der Waals surface area contributed by atoms with E-state index < -0.39 is 27.2 Å². The first-order chi connectivity index (χ1) is 7.67. The Morgan fingerprint density at radius 3 is 2.24 bits per heavy atom. The van der Waals surface area contributed by atoms with Gasteiger partial charge in [-0.05, 0) is 12.1 Å². The maximum Gasteiger partial charge on any atom is 0.534 e. The summed E-state index contributed by atoms with van der Waals surface area (Å²) in [7, 11) is -4.78. The zero-order chi connectivity index (χ0) is 13.3. The minimum Gasteiger partial charge on any atom is -0.493 e. The number of halogens is 4. The zero-order valence-electron chi connectivity index (χ0n) is 8.29. The molecule has 0 saturated heterocycles. The molecule has 0 atom stereocenters. The van der Waals surface area contributed by atoms with Crippen LogP contribution in [-0.4, -0.2) is 21.0 Å². The highest BCUT2D eigenvalue weighted by atomic mass is 32.2. The van der Waals surface area contributed by atoms with E-state index in [-0.39, 0.29) is 5.75 Å². The van der Waals surface area contributed by atoms with Crippen molar-refractivity contribution in [2.75, 3.05) is 7.11 Å². The fourth-order valence-corrected chi connectivity index (χ4v) is 1.34. The van der Waals surface area contributed by atoms with E-state index in [4.69, 9.17) is 0 Å². The lowest BCUT2D eigenvalue weighted by Gasteiger charge is -2.11. The minimum atomic E-state index is -5.85. The number of hydrogen-bond donors (Lipinski definition) is 0. The Bertz CT molecular complexity index is 509. The van der Waals surface area contributed by atoms with E-state index in [1.54, 1.807) is 0 Å². The first-order valence-corrected chi connectivity index (χ1v) is 5.42. The number of ether oxygens (including phenoxy) is 1. The van der Waals surface area contributed by atoms with Gasteiger partial charge < -0.3 is 8.92 Å². The Morgan fingerprint density at radius 1 is 1.18 bits per heavy atom. The lowest BCUT2D eigenvalue weighted by Crippen LogP contribution is -2.28. The van der Waals surface area contributed by atoms with Gasteiger partial charge in [-0.3, -0.25) is 0 Å². The van der Waals surface area contributed by atoms with E-state index in [0.717, 1.165) is 19.2 Å². The molecule has 0 aliphatic rings. The third kappa shape index (κ3) is 2.99. The number of alkyl halides is 3. The summed E-state index contributed by atoms with van der Waals surface area (Å²) < 4.78 is 78.4. The molecule has 0 aliphatic carbocycles. The van der Waals surface area contributed by atoms with Crippen LogP contribution in [0.3, 0.4) is 0 Å². The fraction of sp³-hybridized carbons (Fsp3) is 0.250. The van der Waals surface area contributed by atoms with Gasteiger partial charge in [-0.25, -0.2) is 4.39 Å². The van der Waals surface area contributed by atoms with Gasteiger partial charge in [-0.15, -0.1) is 0 Å². The van der Waals surface area contributed by atoms with Gasteiger partial charge in [0.2, 0.25) is 0 Å². The summed E-state index contributed by atoms with van der Waals surface area (Å²) >= 11 is 0. The summed E-state index contributed by atoms with van der Waals surface area (Å²) in [5.74, 6) is -2.16. The van der Waals surface area contributed by atoms with Crippen molar-refractivity contribution < 1.29 is 34.9 Å². The third-order valence-electron chi connectivity index (χ3n) is 1.61. The second-order valence-corrected chi connectivity index (χ2v) is 4.32. The van der Waals surface area contributed by atoms with Crippen LogP contribution in [-0.2, 0) is 10.1 Å². The molecule has 1 rings (SSSR count). The molecule has 0 saturated carbocycles. The van der Waals surface area contributed by atoms with Crippen molar-refractivity contribution in [1.29, 1.82) is 0 Å². The molecule has 0 fully saturated rings. The van der Waals surface area contributed by atoms with Crippen molar-refractivity contribution in [3.63, 3.8) is 0 Å². The molecule has 1 aromatic rings. The van der Waals surface area contributed by atoms with E-state index >= 15 is 0 Å². The number of methoxy groups -OCH3 is 1. The monoisotopic (exact) mass is 274 g/mol. The highest BCUT2D eigenvalue weighted by Crippen LogP contribution is 2.33. The molecule has 0 N–H and O–H groups in total. The molecule has 0 heterocycles. The van der Waals surface area contributed by atoms with Crippen molar-refractivity contribution in [3.8, 4) is 11.5 Å². The van der Waals surface area contributed by atoms with Gasteiger partial charge in [-0.1, -0.05) is 0 Å². The van der Waals surface area contributed by atoms with Gasteiger partial charge >= 0.3 is 15.6 Å². The van der Waals surface area contributed by atoms with E-state index in [1.807, 2.05) is 0 Å². The van der Waals surface area contributed by atoms with Crippen molar-refractivity contribution in [1.82, 2.24) is 0 Å². The van der Waals surface area contributed by atoms with Crippen LogP contribution < -0.4 is 8.92 Å². The van der Waals surface area contributed by atoms with Gasteiger partial charge in [0, 0.05) is 6.07 Å². The van der Waals surface area contributed by atoms with Crippen LogP contribution in [0.15, 0.2) is 18.2 Å². The van der Waals surface area contributed by atoms with Crippen LogP contribution in [0.25, 0.3) is 0 Å². The Balaban J connectivity index is 3.16. The second-order valence-electron chi connectivity index (χ2n) is 2.78. The lowest BCUT2D eigenvalue weighted by atomic mass is 10.3. The number of hydrogen-bond acceptors (Lipinski definition) is 4. The van der Waals surface area contributed by atoms with Crippen molar-refractivity contribution in [2.45, 2.75) is 5.51 Å². The van der Waals surface area contributed by atoms with Gasteiger partial charge in [0.05, 0.1) is 7.11 Å². The minimum absolute atomic E-state index is 0.334. The summed E-state index contributed by atoms with van der Waals surface area (Å²) in [6.07, 6.45) is 0. The predicted octanol–water partition coefficient (Wildman–Crippen LogP) is 2.06. The van der Waals surface area contributed by atoms with Gasteiger partial charge in [-0.2, -0.15) is 21.6 Å². The molecule has 0 bridgehead atoms. The molecule has 0 radical (unpaired) electrons. The SMILES string of the molecule is COc1ccc(F)cc1OS(=O)(=O)C(F)(F)F. The smallest absolute Gasteiger partial charge is 0.493 e. The standard InChI is InChI=1S/C8H6F4O4S/c1-15-6-3-2-5(9)4-7(6)16-17(13,14)8(10,11)12/h2-4H,1H3. The molecule has 96 valence electrons. The van der Waals surface area contributed by atoms with Gasteiger partial charge in [0.25, 0.3) is 0 Å². The van der Waals surface area contributed by atoms with Crippen LogP contribution in [0.2, 0.25) is 0 Å². The molecule has 0 aromatic heterocycles. The van der Waals surface area contributed by atoms with Crippen molar-refractivity contribution in [3.05, 3.63) is 24.0 Å². The summed E-state index contributed by atoms with van der Waals surface area (Å²) in [5, 5.41) is 0. The third-order valence-corrected chi connectivity index (χ3v) is 2.57. The van der Waals surface area contributed by atoms with Crippen LogP contribution in [0, 0.1) is 5.82 Å². The summed E-state index contributed by atoms with van der Waals surface area (Å²) in [5.41, 5.74) is -5.59. The zero-order valence-corrected chi connectivity index (χ0v) is 9.10. The highest BCUT2D eigenvalue weighted by Gasteiger charge is 2.48. The Morgan fingerprint density at radius 2 is 1.76 bits per heavy atom. The molecule has 4 nitrogen and oxygen atoms in total. The van der Waals surface area contributed by atoms with Gasteiger partial charge in [0.15, 0.2) is 11.5 Å². The average molecular weight is 274 g/mol. The van der Waals surface area contributed by atoms with Crippen LogP contribution in [0.4, 0.5) is 17.6 Å². The normalized spacial score (nSPS) is 12.3. The lowest BCUT2D eigenvalue weighted by molar-refractivity contribution is -0.0500. The topological polar surface area (TPSA) is 52.6 Å². The van der Waals surface area contributed by atoms with Crippen molar-refractivity contribution >= 4 is 10.1 Å². The number of benzene rings is 1. The maximum atomic E-state index is 12.7.